The van der Waals surface area contributed by atoms with E-state index in [2.05, 4.69) is 0 Å². The lowest BCUT2D eigenvalue weighted by atomic mass is 10.8. The van der Waals surface area contributed by atoms with Crippen LogP contribution in [0.4, 0.5) is 0 Å². The molecule has 0 aliphatic rings. The minimum absolute atomic E-state index is 0.607. The van der Waals surface area contributed by atoms with Gasteiger partial charge < -0.3 is 14.8 Å². The fourth-order valence-corrected chi connectivity index (χ4v) is 3.32. The third-order valence-corrected chi connectivity index (χ3v) is 6.68. The van der Waals surface area contributed by atoms with Crippen molar-refractivity contribution in [3.05, 3.63) is 0 Å². The van der Waals surface area contributed by atoms with Crippen molar-refractivity contribution in [3.63, 3.8) is 0 Å². The van der Waals surface area contributed by atoms with Crippen LogP contribution in [0.3, 0.4) is 0 Å². The fraction of sp³-hybridized carbons (Fsp3) is 1.00. The Morgan fingerprint density at radius 3 is 2.30 bits per heavy atom. The van der Waals surface area contributed by atoms with E-state index in [9.17, 15) is 0 Å². The van der Waals surface area contributed by atoms with Gasteiger partial charge in [-0.3, -0.25) is 0 Å². The van der Waals surface area contributed by atoms with Gasteiger partial charge in [-0.2, -0.15) is 0 Å². The predicted molar refractivity (Wildman–Crippen MR) is 49.8 cm³/mol. The number of hydrogen-bond acceptors (Lipinski definition) is 5. The molecule has 0 radical (unpaired) electrons. The molecule has 0 aromatic heterocycles. The summed E-state index contributed by atoms with van der Waals surface area (Å²) >= 11 is 6.52. The molecule has 3 nitrogen and oxygen atoms in total. The molecule has 10 heavy (non-hydrogen) atoms. The monoisotopic (exact) mass is 201 g/mol. The zero-order chi connectivity index (χ0) is 8.04. The molecule has 0 aliphatic carbocycles. The van der Waals surface area contributed by atoms with E-state index < -0.39 is 5.69 Å². The van der Waals surface area contributed by atoms with Gasteiger partial charge in [-0.1, -0.05) is 11.4 Å². The fourth-order valence-electron chi connectivity index (χ4n) is 0.344. The van der Waals surface area contributed by atoms with E-state index >= 15 is 0 Å². The molecule has 0 bridgehead atoms. The van der Waals surface area contributed by atoms with Crippen molar-refractivity contribution in [2.75, 3.05) is 26.5 Å². The molecule has 0 fully saturated rings. The van der Waals surface area contributed by atoms with E-state index in [4.69, 9.17) is 26.6 Å². The van der Waals surface area contributed by atoms with Crippen molar-refractivity contribution in [2.24, 2.45) is 5.73 Å². The van der Waals surface area contributed by atoms with Crippen LogP contribution < -0.4 is 5.73 Å². The Kier molecular flexibility index (Phi) is 6.01. The van der Waals surface area contributed by atoms with Crippen LogP contribution in [0.5, 0.6) is 0 Å². The maximum atomic E-state index is 5.28. The van der Waals surface area contributed by atoms with E-state index in [1.807, 2.05) is 0 Å². The molecule has 2 N–H and O–H groups in total. The Balaban J connectivity index is 3.70. The van der Waals surface area contributed by atoms with Gasteiger partial charge in [0, 0.05) is 26.5 Å². The van der Waals surface area contributed by atoms with Gasteiger partial charge in [0.05, 0.1) is 0 Å². The molecule has 0 aromatic carbocycles. The zero-order valence-corrected chi connectivity index (χ0v) is 8.60. The van der Waals surface area contributed by atoms with Crippen molar-refractivity contribution in [1.29, 1.82) is 0 Å². The first-order valence-corrected chi connectivity index (χ1v) is 6.97. The highest BCUT2D eigenvalue weighted by Gasteiger charge is 2.14. The van der Waals surface area contributed by atoms with Gasteiger partial charge in [-0.05, 0) is 11.8 Å². The van der Waals surface area contributed by atoms with Crippen LogP contribution in [-0.2, 0) is 20.9 Å². The normalized spacial score (nSPS) is 11.9. The first-order valence-electron chi connectivity index (χ1n) is 2.74. The molecule has 0 rings (SSSR count). The topological polar surface area (TPSA) is 44.5 Å². The highest BCUT2D eigenvalue weighted by atomic mass is 32.9. The smallest absolute Gasteiger partial charge is 0.246 e. The Morgan fingerprint density at radius 1 is 1.50 bits per heavy atom. The maximum absolute atomic E-state index is 5.28. The Bertz CT molecular complexity index is 124. The molecule has 0 spiro atoms. The number of nitrogens with two attached hydrogens (primary N) is 1. The lowest BCUT2D eigenvalue weighted by Crippen LogP contribution is -2.01. The van der Waals surface area contributed by atoms with Gasteiger partial charge in [0.15, 0.2) is 0 Å². The molecular weight excluding hydrogens is 189 g/mol. The summed E-state index contributed by atoms with van der Waals surface area (Å²) in [7, 11) is 3.13. The van der Waals surface area contributed by atoms with Crippen LogP contribution >= 0.6 is 17.1 Å². The summed E-state index contributed by atoms with van der Waals surface area (Å²) in [6.07, 6.45) is 0. The second-order valence-corrected chi connectivity index (χ2v) is 8.08. The van der Waals surface area contributed by atoms with Crippen molar-refractivity contribution < 1.29 is 9.05 Å². The molecule has 0 unspecified atom stereocenters. The standard InChI is InChI=1S/C4H12NO2PS2/c1-6-8(9,7-2)10-4-3-5/h3-5H2,1-2H3. The summed E-state index contributed by atoms with van der Waals surface area (Å²) in [5, 5.41) is 0. The molecule has 0 saturated heterocycles. The van der Waals surface area contributed by atoms with E-state index in [1.54, 1.807) is 14.2 Å². The Hall–Kier alpha value is 0.880. The summed E-state index contributed by atoms with van der Waals surface area (Å²) in [6.45, 7) is 0.607. The van der Waals surface area contributed by atoms with Gasteiger partial charge >= 0.3 is 0 Å². The second-order valence-electron chi connectivity index (χ2n) is 1.43. The first-order chi connectivity index (χ1) is 4.68. The summed E-state index contributed by atoms with van der Waals surface area (Å²) in [6, 6.07) is 0. The average molecular weight is 201 g/mol. The average Bonchev–Trinajstić information content (AvgIpc) is 2.00. The molecule has 0 atom stereocenters. The van der Waals surface area contributed by atoms with E-state index in [0.29, 0.717) is 6.54 Å². The van der Waals surface area contributed by atoms with Crippen LogP contribution in [0.1, 0.15) is 0 Å². The Labute approximate surface area is 70.6 Å². The first kappa shape index (κ1) is 10.9. The SMILES string of the molecule is COP(=S)(OC)SCCN. The summed E-state index contributed by atoms with van der Waals surface area (Å²) in [5.74, 6) is 0.791. The van der Waals surface area contributed by atoms with Crippen LogP contribution in [0.15, 0.2) is 0 Å². The highest BCUT2D eigenvalue weighted by Crippen LogP contribution is 2.59. The van der Waals surface area contributed by atoms with Crippen LogP contribution in [0, 0.1) is 0 Å². The molecule has 0 saturated carbocycles. The molecule has 0 amide bonds. The van der Waals surface area contributed by atoms with Crippen LogP contribution in [0.25, 0.3) is 0 Å². The van der Waals surface area contributed by atoms with E-state index in [1.165, 1.54) is 11.4 Å². The summed E-state index contributed by atoms with van der Waals surface area (Å²) < 4.78 is 10.0. The minimum Gasteiger partial charge on any atom is -0.330 e. The van der Waals surface area contributed by atoms with Gasteiger partial charge in [-0.15, -0.1) is 0 Å². The third kappa shape index (κ3) is 3.91. The third-order valence-electron chi connectivity index (χ3n) is 0.814. The maximum Gasteiger partial charge on any atom is 0.246 e. The zero-order valence-electron chi connectivity index (χ0n) is 6.07. The van der Waals surface area contributed by atoms with Crippen molar-refractivity contribution in [1.82, 2.24) is 0 Å². The van der Waals surface area contributed by atoms with Crippen LogP contribution in [0.2, 0.25) is 0 Å². The van der Waals surface area contributed by atoms with Gasteiger partial charge in [0.2, 0.25) is 5.69 Å². The molecule has 0 aromatic rings. The summed E-state index contributed by atoms with van der Waals surface area (Å²) in [5.41, 5.74) is 3.26. The van der Waals surface area contributed by atoms with Gasteiger partial charge in [0.25, 0.3) is 0 Å². The molecule has 6 heteroatoms. The molecule has 0 aliphatic heterocycles. The highest BCUT2D eigenvalue weighted by molar-refractivity contribution is 8.67. The molecule has 0 heterocycles. The largest absolute Gasteiger partial charge is 0.330 e. The summed E-state index contributed by atoms with van der Waals surface area (Å²) in [4.78, 5) is 0. The quantitative estimate of drug-likeness (QED) is 0.677. The van der Waals surface area contributed by atoms with Gasteiger partial charge in [-0.25, -0.2) is 0 Å². The lowest BCUT2D eigenvalue weighted by molar-refractivity contribution is 0.354. The lowest BCUT2D eigenvalue weighted by Gasteiger charge is -2.15. The Morgan fingerprint density at radius 2 is 2.00 bits per heavy atom. The predicted octanol–water partition coefficient (Wildman–Crippen LogP) is 1.20. The van der Waals surface area contributed by atoms with Crippen molar-refractivity contribution in [2.45, 2.75) is 0 Å². The number of hydrogen-bond donors (Lipinski definition) is 1. The molecule has 62 valence electrons. The number of rotatable bonds is 5. The molecular formula is C4H12NO2PS2. The van der Waals surface area contributed by atoms with Gasteiger partial charge in [0.1, 0.15) is 0 Å². The van der Waals surface area contributed by atoms with Crippen LogP contribution in [-0.4, -0.2) is 26.5 Å². The van der Waals surface area contributed by atoms with Crippen molar-refractivity contribution in [3.8, 4) is 0 Å². The second kappa shape index (κ2) is 5.52. The minimum atomic E-state index is -2.03. The van der Waals surface area contributed by atoms with E-state index in [0.717, 1.165) is 5.75 Å². The van der Waals surface area contributed by atoms with Crippen molar-refractivity contribution >= 4 is 28.9 Å². The van der Waals surface area contributed by atoms with E-state index in [-0.39, 0.29) is 0 Å².